The number of alkyl halides is 3. The number of hydrogen-bond acceptors (Lipinski definition) is 5. The minimum absolute atomic E-state index is 0. The number of carbonyl (C=O) groups is 4. The molecule has 0 spiro atoms. The molecule has 0 bridgehead atoms. The minimum atomic E-state index is -5.11. The molecule has 12 heteroatoms. The summed E-state index contributed by atoms with van der Waals surface area (Å²) >= 11 is 0. The van der Waals surface area contributed by atoms with Crippen LogP contribution in [0, 0.1) is 5.92 Å². The number of halogens is 3. The third-order valence-corrected chi connectivity index (χ3v) is 4.52. The molecule has 0 saturated heterocycles. The van der Waals surface area contributed by atoms with Gasteiger partial charge in [-0.25, -0.2) is 4.79 Å². The molecular formula is C18H28F3N3O6. The van der Waals surface area contributed by atoms with E-state index in [1.807, 2.05) is 12.2 Å². The number of nitrogens with one attached hydrogen (secondary N) is 3. The number of carbonyl (C=O) groups excluding carboxylic acids is 4. The van der Waals surface area contributed by atoms with Crippen LogP contribution in [0.1, 0.15) is 39.5 Å². The molecule has 0 saturated carbocycles. The van der Waals surface area contributed by atoms with Crippen LogP contribution < -0.4 is 16.0 Å². The topological polar surface area (TPSA) is 145 Å². The molecule has 1 rings (SSSR count). The number of allylic oxidation sites excluding steroid dienone is 2. The standard InChI is InChI=1S/C18H26F3N3O5.H2O/c1-10(23-17(28)18(19,20)21)14(25)24-13-9-7-5-4-6-8-12(13)15(26)22-11(2)16(27)29-3;/h4-5,10-13H,6-9H2,1-3H3,(H,22,26)(H,23,28)(H,24,25);1H2/b5-4-;/t10-,11-,12-,13+;/m0./s1. The van der Waals surface area contributed by atoms with E-state index in [2.05, 4.69) is 15.4 Å². The summed E-state index contributed by atoms with van der Waals surface area (Å²) in [5.74, 6) is -4.87. The van der Waals surface area contributed by atoms with E-state index in [0.29, 0.717) is 25.7 Å². The van der Waals surface area contributed by atoms with Crippen LogP contribution in [0.4, 0.5) is 13.2 Å². The zero-order valence-electron chi connectivity index (χ0n) is 17.0. The molecular weight excluding hydrogens is 411 g/mol. The quantitative estimate of drug-likeness (QED) is 0.398. The maximum absolute atomic E-state index is 12.7. The largest absolute Gasteiger partial charge is 0.471 e. The Balaban J connectivity index is 0.00000841. The second-order valence-electron chi connectivity index (χ2n) is 6.79. The van der Waals surface area contributed by atoms with Gasteiger partial charge in [0.05, 0.1) is 13.0 Å². The number of hydrogen-bond donors (Lipinski definition) is 3. The lowest BCUT2D eigenvalue weighted by Gasteiger charge is -2.30. The lowest BCUT2D eigenvalue weighted by Crippen LogP contribution is -2.55. The van der Waals surface area contributed by atoms with Crippen LogP contribution in [0.2, 0.25) is 0 Å². The summed E-state index contributed by atoms with van der Waals surface area (Å²) in [6.45, 7) is 2.57. The van der Waals surface area contributed by atoms with Gasteiger partial charge in [0.1, 0.15) is 12.1 Å². The first-order valence-corrected chi connectivity index (χ1v) is 9.18. The molecule has 0 aromatic carbocycles. The van der Waals surface area contributed by atoms with E-state index in [0.717, 1.165) is 6.92 Å². The highest BCUT2D eigenvalue weighted by Gasteiger charge is 2.40. The molecule has 1 aliphatic carbocycles. The van der Waals surface area contributed by atoms with Crippen LogP contribution in [0.3, 0.4) is 0 Å². The monoisotopic (exact) mass is 439 g/mol. The zero-order chi connectivity index (χ0) is 22.2. The van der Waals surface area contributed by atoms with E-state index >= 15 is 0 Å². The molecule has 0 heterocycles. The maximum atomic E-state index is 12.7. The Hall–Kier alpha value is -2.63. The molecule has 0 unspecified atom stereocenters. The predicted octanol–water partition coefficient (Wildman–Crippen LogP) is 0.138. The molecule has 0 aliphatic heterocycles. The highest BCUT2D eigenvalue weighted by Crippen LogP contribution is 2.21. The molecule has 5 N–H and O–H groups in total. The van der Waals surface area contributed by atoms with Gasteiger partial charge in [0, 0.05) is 6.04 Å². The summed E-state index contributed by atoms with van der Waals surface area (Å²) in [4.78, 5) is 47.5. The Morgan fingerprint density at radius 2 is 1.57 bits per heavy atom. The van der Waals surface area contributed by atoms with Gasteiger partial charge in [0.2, 0.25) is 11.8 Å². The Morgan fingerprint density at radius 3 is 2.10 bits per heavy atom. The number of methoxy groups -OCH3 is 1. The average Bonchev–Trinajstić information content (AvgIpc) is 2.61. The van der Waals surface area contributed by atoms with Crippen molar-refractivity contribution in [1.29, 1.82) is 0 Å². The van der Waals surface area contributed by atoms with Crippen LogP contribution in [0.25, 0.3) is 0 Å². The fraction of sp³-hybridized carbons (Fsp3) is 0.667. The lowest BCUT2D eigenvalue weighted by molar-refractivity contribution is -0.174. The average molecular weight is 439 g/mol. The molecule has 9 nitrogen and oxygen atoms in total. The predicted molar refractivity (Wildman–Crippen MR) is 99.9 cm³/mol. The summed E-state index contributed by atoms with van der Waals surface area (Å²) < 4.78 is 41.7. The van der Waals surface area contributed by atoms with Gasteiger partial charge < -0.3 is 26.2 Å². The number of esters is 1. The van der Waals surface area contributed by atoms with Crippen LogP contribution in [-0.2, 0) is 23.9 Å². The van der Waals surface area contributed by atoms with Gasteiger partial charge in [-0.15, -0.1) is 0 Å². The maximum Gasteiger partial charge on any atom is 0.471 e. The molecule has 0 aromatic heterocycles. The summed E-state index contributed by atoms with van der Waals surface area (Å²) in [5, 5.41) is 6.67. The van der Waals surface area contributed by atoms with E-state index in [4.69, 9.17) is 0 Å². The van der Waals surface area contributed by atoms with E-state index in [9.17, 15) is 32.3 Å². The Kier molecular flexibility index (Phi) is 11.1. The Morgan fingerprint density at radius 1 is 1.00 bits per heavy atom. The van der Waals surface area contributed by atoms with Gasteiger partial charge in [-0.3, -0.25) is 14.4 Å². The molecule has 0 aromatic rings. The SMILES string of the molecule is COC(=O)[C@H](C)NC(=O)[C@H]1CC/C=C\CC[C@H]1NC(=O)[C@H](C)NC(=O)C(F)(F)F.O. The molecule has 0 fully saturated rings. The number of rotatable bonds is 6. The van der Waals surface area contributed by atoms with E-state index in [1.54, 1.807) is 5.32 Å². The number of ether oxygens (including phenoxy) is 1. The first-order chi connectivity index (χ1) is 13.5. The normalized spacial score (nSPS) is 22.1. The van der Waals surface area contributed by atoms with Gasteiger partial charge in [-0.05, 0) is 39.5 Å². The van der Waals surface area contributed by atoms with E-state index < -0.39 is 53.9 Å². The first-order valence-electron chi connectivity index (χ1n) is 9.18. The van der Waals surface area contributed by atoms with E-state index in [-0.39, 0.29) is 5.48 Å². The van der Waals surface area contributed by atoms with Gasteiger partial charge in [-0.1, -0.05) is 12.2 Å². The van der Waals surface area contributed by atoms with Crippen LogP contribution in [0.5, 0.6) is 0 Å². The van der Waals surface area contributed by atoms with Crippen molar-refractivity contribution in [3.63, 3.8) is 0 Å². The molecule has 0 radical (unpaired) electrons. The van der Waals surface area contributed by atoms with Crippen LogP contribution in [0.15, 0.2) is 12.2 Å². The smallest absolute Gasteiger partial charge is 0.467 e. The molecule has 4 atom stereocenters. The van der Waals surface area contributed by atoms with Crippen molar-refractivity contribution in [3.8, 4) is 0 Å². The van der Waals surface area contributed by atoms with Crippen LogP contribution in [-0.4, -0.2) is 60.6 Å². The van der Waals surface area contributed by atoms with Crippen molar-refractivity contribution in [2.75, 3.05) is 7.11 Å². The molecule has 1 aliphatic rings. The Labute approximate surface area is 172 Å². The van der Waals surface area contributed by atoms with Crippen molar-refractivity contribution in [1.82, 2.24) is 16.0 Å². The summed E-state index contributed by atoms with van der Waals surface area (Å²) in [6.07, 6.45) is 0.513. The second kappa shape index (κ2) is 12.2. The minimum Gasteiger partial charge on any atom is -0.467 e. The van der Waals surface area contributed by atoms with E-state index in [1.165, 1.54) is 14.0 Å². The van der Waals surface area contributed by atoms with Gasteiger partial charge in [0.25, 0.3) is 0 Å². The van der Waals surface area contributed by atoms with Crippen molar-refractivity contribution < 1.29 is 42.6 Å². The van der Waals surface area contributed by atoms with Gasteiger partial charge >= 0.3 is 18.1 Å². The summed E-state index contributed by atoms with van der Waals surface area (Å²) in [5.41, 5.74) is 0. The van der Waals surface area contributed by atoms with Crippen molar-refractivity contribution in [2.24, 2.45) is 5.92 Å². The highest BCUT2D eigenvalue weighted by molar-refractivity contribution is 5.90. The first kappa shape index (κ1) is 27.4. The lowest BCUT2D eigenvalue weighted by atomic mass is 9.88. The fourth-order valence-electron chi connectivity index (χ4n) is 2.88. The van der Waals surface area contributed by atoms with Crippen molar-refractivity contribution >= 4 is 23.7 Å². The molecule has 3 amide bonds. The molecule has 30 heavy (non-hydrogen) atoms. The molecule has 172 valence electrons. The summed E-state index contributed by atoms with van der Waals surface area (Å²) in [7, 11) is 1.19. The second-order valence-corrected chi connectivity index (χ2v) is 6.79. The van der Waals surface area contributed by atoms with Crippen molar-refractivity contribution in [2.45, 2.75) is 63.8 Å². The summed E-state index contributed by atoms with van der Waals surface area (Å²) in [6, 6.07) is -3.01. The highest BCUT2D eigenvalue weighted by atomic mass is 19.4. The van der Waals surface area contributed by atoms with Gasteiger partial charge in [-0.2, -0.15) is 13.2 Å². The Bertz CT molecular complexity index is 654. The third-order valence-electron chi connectivity index (χ3n) is 4.52. The van der Waals surface area contributed by atoms with Gasteiger partial charge in [0.15, 0.2) is 0 Å². The fourth-order valence-corrected chi connectivity index (χ4v) is 2.88. The van der Waals surface area contributed by atoms with Crippen molar-refractivity contribution in [3.05, 3.63) is 12.2 Å². The van der Waals surface area contributed by atoms with Crippen LogP contribution >= 0.6 is 0 Å². The zero-order valence-corrected chi connectivity index (χ0v) is 17.0. The number of amides is 3. The third kappa shape index (κ3) is 8.39.